The topological polar surface area (TPSA) is 85.2 Å². The van der Waals surface area contributed by atoms with E-state index in [4.69, 9.17) is 0 Å². The number of carbonyl (C=O) groups excluding carboxylic acids is 1. The minimum Gasteiger partial charge on any atom is -0.368 e. The summed E-state index contributed by atoms with van der Waals surface area (Å²) in [4.78, 5) is 26.7. The molecule has 5 rings (SSSR count). The zero-order chi connectivity index (χ0) is 20.0. The SMILES string of the molecule is CN1CCC(NC(=O)[C@H]2CN(c3ccc(C#N)c4nccnc34)CC23CC3)CC1. The molecule has 1 aromatic carbocycles. The van der Waals surface area contributed by atoms with E-state index in [1.807, 2.05) is 12.1 Å². The van der Waals surface area contributed by atoms with Crippen LogP contribution in [0.25, 0.3) is 11.0 Å². The van der Waals surface area contributed by atoms with Gasteiger partial charge in [0.15, 0.2) is 0 Å². The van der Waals surface area contributed by atoms with Crippen LogP contribution in [0.1, 0.15) is 31.2 Å². The smallest absolute Gasteiger partial charge is 0.225 e. The molecule has 150 valence electrons. The van der Waals surface area contributed by atoms with Crippen LogP contribution in [0.3, 0.4) is 0 Å². The number of nitrogens with zero attached hydrogens (tertiary/aromatic N) is 5. The van der Waals surface area contributed by atoms with Gasteiger partial charge < -0.3 is 15.1 Å². The van der Waals surface area contributed by atoms with Gasteiger partial charge in [0.05, 0.1) is 17.2 Å². The van der Waals surface area contributed by atoms with Crippen LogP contribution in [0.15, 0.2) is 24.5 Å². The molecular weight excluding hydrogens is 364 g/mol. The van der Waals surface area contributed by atoms with Crippen LogP contribution in [0.5, 0.6) is 0 Å². The minimum absolute atomic E-state index is 0.0181. The van der Waals surface area contributed by atoms with Gasteiger partial charge >= 0.3 is 0 Å². The summed E-state index contributed by atoms with van der Waals surface area (Å²) < 4.78 is 0. The largest absolute Gasteiger partial charge is 0.368 e. The van der Waals surface area contributed by atoms with Crippen molar-refractivity contribution in [2.75, 3.05) is 38.1 Å². The highest BCUT2D eigenvalue weighted by atomic mass is 16.2. The van der Waals surface area contributed by atoms with Crippen molar-refractivity contribution in [3.8, 4) is 6.07 Å². The van der Waals surface area contributed by atoms with E-state index in [1.165, 1.54) is 0 Å². The average molecular weight is 390 g/mol. The van der Waals surface area contributed by atoms with Crippen molar-refractivity contribution >= 4 is 22.6 Å². The van der Waals surface area contributed by atoms with Crippen LogP contribution in [-0.4, -0.2) is 60.0 Å². The number of likely N-dealkylation sites (tertiary alicyclic amines) is 1. The van der Waals surface area contributed by atoms with Gasteiger partial charge in [-0.3, -0.25) is 14.8 Å². The van der Waals surface area contributed by atoms with Gasteiger partial charge in [-0.1, -0.05) is 0 Å². The first-order valence-electron chi connectivity index (χ1n) is 10.5. The lowest BCUT2D eigenvalue weighted by atomic mass is 9.91. The third kappa shape index (κ3) is 3.22. The van der Waals surface area contributed by atoms with E-state index in [-0.39, 0.29) is 17.2 Å². The third-order valence-electron chi connectivity index (χ3n) is 6.99. The number of anilines is 1. The van der Waals surface area contributed by atoms with Crippen LogP contribution in [0.4, 0.5) is 5.69 Å². The molecule has 0 radical (unpaired) electrons. The molecule has 3 heterocycles. The lowest BCUT2D eigenvalue weighted by molar-refractivity contribution is -0.126. The van der Waals surface area contributed by atoms with Gasteiger partial charge in [0, 0.05) is 36.9 Å². The summed E-state index contributed by atoms with van der Waals surface area (Å²) in [5.74, 6) is 0.230. The van der Waals surface area contributed by atoms with Crippen molar-refractivity contribution in [3.63, 3.8) is 0 Å². The molecule has 3 aliphatic rings. The van der Waals surface area contributed by atoms with Crippen LogP contribution in [0.2, 0.25) is 0 Å². The first kappa shape index (κ1) is 18.3. The number of hydrogen-bond donors (Lipinski definition) is 1. The number of nitrogens with one attached hydrogen (secondary N) is 1. The van der Waals surface area contributed by atoms with E-state index in [2.05, 4.69) is 38.2 Å². The van der Waals surface area contributed by atoms with Gasteiger partial charge in [0.25, 0.3) is 0 Å². The molecule has 1 aliphatic carbocycles. The maximum atomic E-state index is 13.2. The summed E-state index contributed by atoms with van der Waals surface area (Å²) >= 11 is 0. The standard InChI is InChI=1S/C22H26N6O/c1-27-10-4-16(5-11-27)26-21(29)17-13-28(14-22(17)6-7-22)18-3-2-15(12-23)19-20(18)25-9-8-24-19/h2-3,8-9,16-17H,4-7,10-11,13-14H2,1H3,(H,26,29)/t17-/m1/s1. The molecule has 1 saturated carbocycles. The number of benzene rings is 1. The Balaban J connectivity index is 1.38. The van der Waals surface area contributed by atoms with Gasteiger partial charge in [-0.2, -0.15) is 5.26 Å². The second-order valence-corrected chi connectivity index (χ2v) is 8.88. The fourth-order valence-electron chi connectivity index (χ4n) is 5.02. The van der Waals surface area contributed by atoms with E-state index in [9.17, 15) is 10.1 Å². The van der Waals surface area contributed by atoms with Crippen LogP contribution >= 0.6 is 0 Å². The molecule has 29 heavy (non-hydrogen) atoms. The van der Waals surface area contributed by atoms with E-state index >= 15 is 0 Å². The normalized spacial score (nSPS) is 24.0. The van der Waals surface area contributed by atoms with Crippen molar-refractivity contribution < 1.29 is 4.79 Å². The number of nitriles is 1. The van der Waals surface area contributed by atoms with Crippen molar-refractivity contribution in [2.24, 2.45) is 11.3 Å². The lowest BCUT2D eigenvalue weighted by Gasteiger charge is -2.30. The van der Waals surface area contributed by atoms with Crippen molar-refractivity contribution in [1.29, 1.82) is 5.26 Å². The summed E-state index contributed by atoms with van der Waals surface area (Å²) in [6.45, 7) is 3.66. The Bertz CT molecular complexity index is 986. The summed E-state index contributed by atoms with van der Waals surface area (Å²) in [5.41, 5.74) is 3.00. The second-order valence-electron chi connectivity index (χ2n) is 8.88. The number of carbonyl (C=O) groups is 1. The molecule has 7 nitrogen and oxygen atoms in total. The summed E-state index contributed by atoms with van der Waals surface area (Å²) in [6, 6.07) is 6.28. The molecule has 1 N–H and O–H groups in total. The molecule has 7 heteroatoms. The number of hydrogen-bond acceptors (Lipinski definition) is 6. The highest BCUT2D eigenvalue weighted by Gasteiger charge is 2.58. The highest BCUT2D eigenvalue weighted by Crippen LogP contribution is 2.57. The van der Waals surface area contributed by atoms with Crippen LogP contribution < -0.4 is 10.2 Å². The van der Waals surface area contributed by atoms with E-state index in [1.54, 1.807) is 12.4 Å². The molecular formula is C22H26N6O. The number of piperidine rings is 1. The number of aromatic nitrogens is 2. The molecule has 2 saturated heterocycles. The average Bonchev–Trinajstić information content (AvgIpc) is 3.41. The Morgan fingerprint density at radius 2 is 1.93 bits per heavy atom. The van der Waals surface area contributed by atoms with Gasteiger partial charge in [0.2, 0.25) is 5.91 Å². The summed E-state index contributed by atoms with van der Waals surface area (Å²) in [5, 5.41) is 12.7. The molecule has 1 spiro atoms. The van der Waals surface area contributed by atoms with Crippen LogP contribution in [0, 0.1) is 22.7 Å². The molecule has 1 atom stereocenters. The number of fused-ring (bicyclic) bond motifs is 1. The maximum absolute atomic E-state index is 13.2. The Morgan fingerprint density at radius 3 is 2.62 bits per heavy atom. The fraction of sp³-hybridized carbons (Fsp3) is 0.545. The second kappa shape index (κ2) is 6.96. The molecule has 2 aromatic rings. The first-order chi connectivity index (χ1) is 14.1. The molecule has 1 aromatic heterocycles. The molecule has 1 amide bonds. The first-order valence-corrected chi connectivity index (χ1v) is 10.5. The van der Waals surface area contributed by atoms with Gasteiger partial charge in [-0.05, 0) is 58.0 Å². The Labute approximate surface area is 170 Å². The van der Waals surface area contributed by atoms with Crippen molar-refractivity contribution in [3.05, 3.63) is 30.1 Å². The Hall–Kier alpha value is -2.72. The number of rotatable bonds is 3. The highest BCUT2D eigenvalue weighted by molar-refractivity contribution is 5.93. The fourth-order valence-corrected chi connectivity index (χ4v) is 5.02. The van der Waals surface area contributed by atoms with Crippen LogP contribution in [-0.2, 0) is 4.79 Å². The predicted octanol–water partition coefficient (Wildman–Crippen LogP) is 1.93. The zero-order valence-electron chi connectivity index (χ0n) is 16.8. The van der Waals surface area contributed by atoms with E-state index in [0.29, 0.717) is 23.7 Å². The van der Waals surface area contributed by atoms with E-state index in [0.717, 1.165) is 56.5 Å². The summed E-state index contributed by atoms with van der Waals surface area (Å²) in [7, 11) is 2.14. The van der Waals surface area contributed by atoms with E-state index < -0.39 is 0 Å². The quantitative estimate of drug-likeness (QED) is 0.862. The molecule has 0 unspecified atom stereocenters. The minimum atomic E-state index is 0.0181. The zero-order valence-corrected chi connectivity index (χ0v) is 16.8. The van der Waals surface area contributed by atoms with Gasteiger partial charge in [0.1, 0.15) is 17.1 Å². The third-order valence-corrected chi connectivity index (χ3v) is 6.99. The predicted molar refractivity (Wildman–Crippen MR) is 110 cm³/mol. The Morgan fingerprint density at radius 1 is 1.21 bits per heavy atom. The van der Waals surface area contributed by atoms with Gasteiger partial charge in [-0.25, -0.2) is 0 Å². The van der Waals surface area contributed by atoms with Gasteiger partial charge in [-0.15, -0.1) is 0 Å². The number of amides is 1. The van der Waals surface area contributed by atoms with Crippen molar-refractivity contribution in [2.45, 2.75) is 31.7 Å². The Kier molecular flexibility index (Phi) is 4.39. The maximum Gasteiger partial charge on any atom is 0.225 e. The van der Waals surface area contributed by atoms with Crippen molar-refractivity contribution in [1.82, 2.24) is 20.2 Å². The molecule has 2 aliphatic heterocycles. The summed E-state index contributed by atoms with van der Waals surface area (Å²) in [6.07, 6.45) is 7.56. The monoisotopic (exact) mass is 390 g/mol. The molecule has 0 bridgehead atoms. The lowest BCUT2D eigenvalue weighted by Crippen LogP contribution is -2.46. The molecule has 3 fully saturated rings.